The third-order valence-electron chi connectivity index (χ3n) is 6.45. The van der Waals surface area contributed by atoms with Crippen molar-refractivity contribution in [1.82, 2.24) is 20.9 Å². The zero-order valence-corrected chi connectivity index (χ0v) is 21.9. The summed E-state index contributed by atoms with van der Waals surface area (Å²) >= 11 is 5.71. The number of carbonyl (C=O) groups excluding carboxylic acids is 2. The standard InChI is InChI=1S/C10H18N2O2.C9H15ClFNO2.C5H11N/c1-14-10-5-12(6-10)9-2-3-11-8(4-9)7-13;1-12-9(13)5-14-6-2-3-7(10)8(11)4-6;1-4-5(2)6-3/h7-11H,2-6H2,1H3;6-8H,2-5H2,1H3,(H,12,13);6H,2,4H2,1,3H3. The Labute approximate surface area is 209 Å². The molecule has 5 atom stereocenters. The highest BCUT2D eigenvalue weighted by Crippen LogP contribution is 2.27. The number of alkyl halides is 2. The highest BCUT2D eigenvalue weighted by Gasteiger charge is 2.34. The van der Waals surface area contributed by atoms with Gasteiger partial charge in [0.05, 0.1) is 23.6 Å². The lowest BCUT2D eigenvalue weighted by atomic mass is 9.95. The highest BCUT2D eigenvalue weighted by atomic mass is 35.5. The summed E-state index contributed by atoms with van der Waals surface area (Å²) in [6.45, 7) is 8.78. The van der Waals surface area contributed by atoms with E-state index in [0.717, 1.165) is 57.3 Å². The summed E-state index contributed by atoms with van der Waals surface area (Å²) in [6.07, 6.45) is 5.03. The van der Waals surface area contributed by atoms with Crippen molar-refractivity contribution >= 4 is 23.8 Å². The van der Waals surface area contributed by atoms with E-state index in [1.165, 1.54) is 0 Å². The molecule has 5 unspecified atom stereocenters. The van der Waals surface area contributed by atoms with Crippen molar-refractivity contribution in [2.75, 3.05) is 47.4 Å². The van der Waals surface area contributed by atoms with Crippen molar-refractivity contribution in [2.24, 2.45) is 0 Å². The molecule has 0 bridgehead atoms. The van der Waals surface area contributed by atoms with Crippen LogP contribution in [-0.4, -0.2) is 100 Å². The van der Waals surface area contributed by atoms with Crippen LogP contribution in [0.2, 0.25) is 0 Å². The summed E-state index contributed by atoms with van der Waals surface area (Å²) in [4.78, 5) is 23.9. The average Bonchev–Trinajstić information content (AvgIpc) is 2.84. The largest absolute Gasteiger partial charge is 0.392 e. The fourth-order valence-electron chi connectivity index (χ4n) is 3.92. The molecule has 2 saturated heterocycles. The second-order valence-corrected chi connectivity index (χ2v) is 9.41. The minimum absolute atomic E-state index is 0.000832. The van der Waals surface area contributed by atoms with Gasteiger partial charge in [-0.2, -0.15) is 0 Å². The van der Waals surface area contributed by atoms with Crippen LogP contribution in [0.4, 0.5) is 4.39 Å². The summed E-state index contributed by atoms with van der Waals surface area (Å²) in [7, 11) is 5.18. The number of likely N-dealkylation sites (tertiary alicyclic amines) is 1. The van der Waals surface area contributed by atoms with Gasteiger partial charge in [0.25, 0.3) is 0 Å². The Morgan fingerprint density at radius 2 is 1.91 bits per heavy atom. The number of hydrogen-bond acceptors (Lipinski definition) is 7. The molecule has 2 aliphatic heterocycles. The van der Waals surface area contributed by atoms with Crippen LogP contribution in [0.25, 0.3) is 0 Å². The van der Waals surface area contributed by atoms with Gasteiger partial charge in [-0.3, -0.25) is 9.69 Å². The Hall–Kier alpha value is -1.26. The lowest BCUT2D eigenvalue weighted by Crippen LogP contribution is -2.59. The fraction of sp³-hybridized carbons (Fsp3) is 0.833. The van der Waals surface area contributed by atoms with Crippen LogP contribution < -0.4 is 16.0 Å². The van der Waals surface area contributed by atoms with E-state index in [1.807, 2.05) is 7.05 Å². The van der Waals surface area contributed by atoms with Gasteiger partial charge >= 0.3 is 0 Å². The maximum absolute atomic E-state index is 13.1. The highest BCUT2D eigenvalue weighted by molar-refractivity contribution is 6.21. The molecule has 3 N–H and O–H groups in total. The number of halogens is 2. The number of rotatable bonds is 8. The molecule has 1 amide bonds. The molecule has 198 valence electrons. The second kappa shape index (κ2) is 17.2. The molecule has 0 aromatic carbocycles. The number of hydrogen-bond donors (Lipinski definition) is 3. The van der Waals surface area contributed by atoms with E-state index in [4.69, 9.17) is 21.1 Å². The maximum Gasteiger partial charge on any atom is 0.245 e. The number of likely N-dealkylation sites (N-methyl/N-ethyl adjacent to an activating group) is 1. The van der Waals surface area contributed by atoms with Gasteiger partial charge in [-0.25, -0.2) is 4.39 Å². The third kappa shape index (κ3) is 11.4. The summed E-state index contributed by atoms with van der Waals surface area (Å²) in [6, 6.07) is 0.646. The number of nitrogens with one attached hydrogen (secondary N) is 3. The molecule has 0 spiro atoms. The lowest BCUT2D eigenvalue weighted by Gasteiger charge is -2.45. The molecule has 0 radical (unpaired) electrons. The number of carbonyl (C=O) groups is 2. The number of methoxy groups -OCH3 is 1. The van der Waals surface area contributed by atoms with Crippen molar-refractivity contribution in [3.8, 4) is 0 Å². The summed E-state index contributed by atoms with van der Waals surface area (Å²) in [5.74, 6) is -0.187. The molecular weight excluding hydrogens is 463 g/mol. The van der Waals surface area contributed by atoms with E-state index in [2.05, 4.69) is 34.4 Å². The predicted octanol–water partition coefficient (Wildman–Crippen LogP) is 2.01. The maximum atomic E-state index is 13.1. The van der Waals surface area contributed by atoms with Gasteiger partial charge < -0.3 is 30.2 Å². The van der Waals surface area contributed by atoms with Gasteiger partial charge in [0.15, 0.2) is 0 Å². The topological polar surface area (TPSA) is 91.9 Å². The summed E-state index contributed by atoms with van der Waals surface area (Å²) in [5, 5.41) is 8.17. The van der Waals surface area contributed by atoms with Gasteiger partial charge in [0, 0.05) is 52.5 Å². The second-order valence-electron chi connectivity index (χ2n) is 8.84. The Kier molecular flexibility index (Phi) is 15.6. The first kappa shape index (κ1) is 30.8. The van der Waals surface area contributed by atoms with E-state index in [9.17, 15) is 14.0 Å². The van der Waals surface area contributed by atoms with Crippen LogP contribution in [0.15, 0.2) is 12.3 Å². The van der Waals surface area contributed by atoms with Crippen LogP contribution in [0.1, 0.15) is 45.4 Å². The Morgan fingerprint density at radius 3 is 2.41 bits per heavy atom. The van der Waals surface area contributed by atoms with Crippen LogP contribution in [-0.2, 0) is 19.1 Å². The lowest BCUT2D eigenvalue weighted by molar-refractivity contribution is -0.128. The quantitative estimate of drug-likeness (QED) is 0.342. The van der Waals surface area contributed by atoms with Gasteiger partial charge in [-0.1, -0.05) is 13.5 Å². The van der Waals surface area contributed by atoms with Gasteiger partial charge in [0.2, 0.25) is 5.91 Å². The van der Waals surface area contributed by atoms with E-state index in [-0.39, 0.29) is 24.7 Å². The number of ether oxygens (including phenoxy) is 2. The molecule has 8 nitrogen and oxygen atoms in total. The Morgan fingerprint density at radius 1 is 1.21 bits per heavy atom. The van der Waals surface area contributed by atoms with Crippen molar-refractivity contribution in [2.45, 2.75) is 81.3 Å². The average molecular weight is 507 g/mol. The molecule has 1 saturated carbocycles. The number of piperidine rings is 1. The van der Waals surface area contributed by atoms with E-state index in [0.29, 0.717) is 25.0 Å². The number of amides is 1. The SMILES string of the molecule is C=C(CC)NC.CNC(=O)COC1CCC(Cl)C(F)C1.COC1CN(C2CCNC(C=O)C2)C1. The molecular formula is C24H44ClFN4O4. The number of aldehydes is 1. The number of nitrogens with zero attached hydrogens (tertiary/aromatic N) is 1. The molecule has 0 aromatic heterocycles. The predicted molar refractivity (Wildman–Crippen MR) is 134 cm³/mol. The molecule has 34 heavy (non-hydrogen) atoms. The van der Waals surface area contributed by atoms with Crippen LogP contribution in [0.5, 0.6) is 0 Å². The van der Waals surface area contributed by atoms with E-state index < -0.39 is 11.5 Å². The first-order chi connectivity index (χ1) is 16.3. The third-order valence-corrected chi connectivity index (χ3v) is 6.95. The molecule has 10 heteroatoms. The Balaban J connectivity index is 0.000000277. The first-order valence-corrected chi connectivity index (χ1v) is 12.6. The number of allylic oxidation sites excluding steroid dienone is 1. The molecule has 0 aromatic rings. The molecule has 1 aliphatic carbocycles. The van der Waals surface area contributed by atoms with Crippen molar-refractivity contribution in [3.63, 3.8) is 0 Å². The minimum atomic E-state index is -1.01. The summed E-state index contributed by atoms with van der Waals surface area (Å²) in [5.41, 5.74) is 1.09. The van der Waals surface area contributed by atoms with Gasteiger partial charge in [0.1, 0.15) is 19.1 Å². The smallest absolute Gasteiger partial charge is 0.245 e. The van der Waals surface area contributed by atoms with Crippen molar-refractivity contribution in [3.05, 3.63) is 12.3 Å². The van der Waals surface area contributed by atoms with Crippen molar-refractivity contribution < 1.29 is 23.5 Å². The monoisotopic (exact) mass is 506 g/mol. The summed E-state index contributed by atoms with van der Waals surface area (Å²) < 4.78 is 23.6. The zero-order chi connectivity index (χ0) is 25.5. The van der Waals surface area contributed by atoms with Gasteiger partial charge in [-0.15, -0.1) is 11.6 Å². The normalized spacial score (nSPS) is 29.3. The zero-order valence-electron chi connectivity index (χ0n) is 21.2. The molecule has 2 heterocycles. The first-order valence-electron chi connectivity index (χ1n) is 12.2. The fourth-order valence-corrected chi connectivity index (χ4v) is 4.15. The Bertz CT molecular complexity index is 604. The molecule has 3 fully saturated rings. The minimum Gasteiger partial charge on any atom is -0.392 e. The van der Waals surface area contributed by atoms with Crippen LogP contribution >= 0.6 is 11.6 Å². The van der Waals surface area contributed by atoms with Crippen molar-refractivity contribution in [1.29, 1.82) is 0 Å². The van der Waals surface area contributed by atoms with Crippen LogP contribution in [0.3, 0.4) is 0 Å². The van der Waals surface area contributed by atoms with Gasteiger partial charge in [-0.05, 0) is 38.6 Å². The molecule has 3 aliphatic rings. The van der Waals surface area contributed by atoms with Crippen LogP contribution in [0, 0.1) is 0 Å². The van der Waals surface area contributed by atoms with E-state index in [1.54, 1.807) is 14.2 Å². The van der Waals surface area contributed by atoms with E-state index >= 15 is 0 Å². The molecule has 3 rings (SSSR count).